The Morgan fingerprint density at radius 1 is 1.16 bits per heavy atom. The van der Waals surface area contributed by atoms with Crippen LogP contribution in [-0.2, 0) is 9.59 Å². The predicted octanol–water partition coefficient (Wildman–Crippen LogP) is 3.76. The molecule has 1 fully saturated rings. The summed E-state index contributed by atoms with van der Waals surface area (Å²) in [5, 5.41) is 3.35. The monoisotopic (exact) mass is 358 g/mol. The van der Waals surface area contributed by atoms with E-state index in [1.807, 2.05) is 0 Å². The van der Waals surface area contributed by atoms with E-state index in [0.29, 0.717) is 10.7 Å². The minimum atomic E-state index is -0.485. The van der Waals surface area contributed by atoms with Crippen LogP contribution in [0.25, 0.3) is 0 Å². The Morgan fingerprint density at radius 3 is 2.56 bits per heavy atom. The van der Waals surface area contributed by atoms with E-state index in [0.717, 1.165) is 24.0 Å². The SMILES string of the molecule is O=C1CN(C(=O)C2CC2)[C@@H](c2ccc(F)cc2)c2cc(Cl)ccc2N1. The van der Waals surface area contributed by atoms with Crippen LogP contribution < -0.4 is 5.32 Å². The highest BCUT2D eigenvalue weighted by molar-refractivity contribution is 6.30. The van der Waals surface area contributed by atoms with Gasteiger partial charge in [0.15, 0.2) is 0 Å². The lowest BCUT2D eigenvalue weighted by Gasteiger charge is -2.30. The summed E-state index contributed by atoms with van der Waals surface area (Å²) in [5.41, 5.74) is 2.10. The van der Waals surface area contributed by atoms with E-state index >= 15 is 0 Å². The number of amides is 2. The molecule has 25 heavy (non-hydrogen) atoms. The smallest absolute Gasteiger partial charge is 0.244 e. The number of nitrogens with one attached hydrogen (secondary N) is 1. The number of fused-ring (bicyclic) bond motifs is 1. The van der Waals surface area contributed by atoms with Crippen molar-refractivity contribution >= 4 is 29.1 Å². The zero-order chi connectivity index (χ0) is 17.6. The Balaban J connectivity index is 1.88. The first-order chi connectivity index (χ1) is 12.0. The molecule has 128 valence electrons. The summed E-state index contributed by atoms with van der Waals surface area (Å²) in [6.07, 6.45) is 1.69. The van der Waals surface area contributed by atoms with Crippen LogP contribution in [0, 0.1) is 11.7 Å². The maximum Gasteiger partial charge on any atom is 0.244 e. The van der Waals surface area contributed by atoms with Crippen LogP contribution in [-0.4, -0.2) is 23.3 Å². The van der Waals surface area contributed by atoms with Crippen LogP contribution >= 0.6 is 11.6 Å². The first-order valence-electron chi connectivity index (χ1n) is 8.18. The number of halogens is 2. The number of hydrogen-bond acceptors (Lipinski definition) is 2. The van der Waals surface area contributed by atoms with Crippen molar-refractivity contribution in [2.45, 2.75) is 18.9 Å². The molecule has 1 aliphatic carbocycles. The number of carbonyl (C=O) groups excluding carboxylic acids is 2. The largest absolute Gasteiger partial charge is 0.324 e. The molecule has 0 aromatic heterocycles. The van der Waals surface area contributed by atoms with Crippen molar-refractivity contribution in [2.75, 3.05) is 11.9 Å². The van der Waals surface area contributed by atoms with Gasteiger partial charge in [-0.25, -0.2) is 4.39 Å². The van der Waals surface area contributed by atoms with Gasteiger partial charge in [-0.05, 0) is 48.7 Å². The fraction of sp³-hybridized carbons (Fsp3) is 0.263. The van der Waals surface area contributed by atoms with Crippen LogP contribution in [0.3, 0.4) is 0 Å². The summed E-state index contributed by atoms with van der Waals surface area (Å²) in [5.74, 6) is -0.672. The standard InChI is InChI=1S/C19H16ClFN2O2/c20-13-5-8-16-15(9-13)18(11-3-6-14(21)7-4-11)23(10-17(24)22-16)19(25)12-1-2-12/h3-9,12,18H,1-2,10H2,(H,22,24)/t18-/m0/s1. The van der Waals surface area contributed by atoms with Crippen molar-refractivity contribution in [2.24, 2.45) is 5.92 Å². The first-order valence-corrected chi connectivity index (χ1v) is 8.56. The second-order valence-corrected chi connectivity index (χ2v) is 6.91. The van der Waals surface area contributed by atoms with Gasteiger partial charge in [-0.15, -0.1) is 0 Å². The van der Waals surface area contributed by atoms with Gasteiger partial charge < -0.3 is 10.2 Å². The molecule has 4 rings (SSSR count). The van der Waals surface area contributed by atoms with E-state index in [1.165, 1.54) is 12.1 Å². The summed E-state index contributed by atoms with van der Waals surface area (Å²) < 4.78 is 13.4. The summed E-state index contributed by atoms with van der Waals surface area (Å²) in [6, 6.07) is 10.7. The quantitative estimate of drug-likeness (QED) is 0.888. The zero-order valence-electron chi connectivity index (χ0n) is 13.3. The number of nitrogens with zero attached hydrogens (tertiary/aromatic N) is 1. The molecule has 0 spiro atoms. The molecule has 0 bridgehead atoms. The highest BCUT2D eigenvalue weighted by atomic mass is 35.5. The van der Waals surface area contributed by atoms with E-state index in [1.54, 1.807) is 35.2 Å². The minimum absolute atomic E-state index is 0.0310. The molecule has 2 aromatic rings. The van der Waals surface area contributed by atoms with Crippen molar-refractivity contribution in [3.05, 3.63) is 64.4 Å². The molecule has 1 N–H and O–H groups in total. The van der Waals surface area contributed by atoms with Gasteiger partial charge in [-0.2, -0.15) is 0 Å². The lowest BCUT2D eigenvalue weighted by Crippen LogP contribution is -2.39. The molecule has 4 nitrogen and oxygen atoms in total. The van der Waals surface area contributed by atoms with Crippen molar-refractivity contribution in [3.63, 3.8) is 0 Å². The van der Waals surface area contributed by atoms with E-state index in [2.05, 4.69) is 5.32 Å². The average Bonchev–Trinajstić information content (AvgIpc) is 3.42. The van der Waals surface area contributed by atoms with Crippen molar-refractivity contribution in [1.82, 2.24) is 4.90 Å². The lowest BCUT2D eigenvalue weighted by atomic mass is 9.95. The first kappa shape index (κ1) is 16.1. The maximum absolute atomic E-state index is 13.4. The molecule has 1 atom stereocenters. The van der Waals surface area contributed by atoms with Gasteiger partial charge in [0.2, 0.25) is 11.8 Å². The van der Waals surface area contributed by atoms with Gasteiger partial charge in [-0.1, -0.05) is 23.7 Å². The molecule has 2 aromatic carbocycles. The Bertz CT molecular complexity index is 849. The van der Waals surface area contributed by atoms with Crippen LogP contribution in [0.4, 0.5) is 10.1 Å². The maximum atomic E-state index is 13.4. The molecule has 1 heterocycles. The number of anilines is 1. The zero-order valence-corrected chi connectivity index (χ0v) is 14.1. The predicted molar refractivity (Wildman–Crippen MR) is 92.8 cm³/mol. The third-order valence-corrected chi connectivity index (χ3v) is 4.84. The average molecular weight is 359 g/mol. The highest BCUT2D eigenvalue weighted by Gasteiger charge is 2.40. The molecule has 0 radical (unpaired) electrons. The number of hydrogen-bond donors (Lipinski definition) is 1. The fourth-order valence-corrected chi connectivity index (χ4v) is 3.43. The number of carbonyl (C=O) groups is 2. The van der Waals surface area contributed by atoms with E-state index in [-0.39, 0.29) is 30.1 Å². The molecule has 0 saturated heterocycles. The van der Waals surface area contributed by atoms with E-state index < -0.39 is 6.04 Å². The summed E-state index contributed by atoms with van der Waals surface area (Å²) in [6.45, 7) is -0.0380. The van der Waals surface area contributed by atoms with E-state index in [4.69, 9.17) is 11.6 Å². The molecule has 1 saturated carbocycles. The van der Waals surface area contributed by atoms with Gasteiger partial charge in [0.05, 0.1) is 6.04 Å². The molecule has 1 aliphatic heterocycles. The second kappa shape index (κ2) is 6.15. The highest BCUT2D eigenvalue weighted by Crippen LogP contribution is 2.40. The van der Waals surface area contributed by atoms with Gasteiger partial charge in [0.1, 0.15) is 12.4 Å². The number of rotatable bonds is 2. The Kier molecular flexibility index (Phi) is 3.96. The van der Waals surface area contributed by atoms with Crippen LogP contribution in [0.2, 0.25) is 5.02 Å². The normalized spacial score (nSPS) is 19.8. The molecule has 6 heteroatoms. The third-order valence-electron chi connectivity index (χ3n) is 4.60. The topological polar surface area (TPSA) is 49.4 Å². The van der Waals surface area contributed by atoms with Crippen molar-refractivity contribution in [3.8, 4) is 0 Å². The Morgan fingerprint density at radius 2 is 1.88 bits per heavy atom. The van der Waals surface area contributed by atoms with E-state index in [9.17, 15) is 14.0 Å². The lowest BCUT2D eigenvalue weighted by molar-refractivity contribution is -0.137. The van der Waals surface area contributed by atoms with Gasteiger partial charge in [-0.3, -0.25) is 9.59 Å². The summed E-state index contributed by atoms with van der Waals surface area (Å²) in [4.78, 5) is 26.8. The Labute approximate surface area is 149 Å². The number of benzene rings is 2. The van der Waals surface area contributed by atoms with Gasteiger partial charge >= 0.3 is 0 Å². The van der Waals surface area contributed by atoms with Crippen LogP contribution in [0.15, 0.2) is 42.5 Å². The van der Waals surface area contributed by atoms with Gasteiger partial charge in [0, 0.05) is 22.2 Å². The minimum Gasteiger partial charge on any atom is -0.324 e. The van der Waals surface area contributed by atoms with Crippen LogP contribution in [0.1, 0.15) is 30.0 Å². The van der Waals surface area contributed by atoms with Crippen molar-refractivity contribution in [1.29, 1.82) is 0 Å². The fourth-order valence-electron chi connectivity index (χ4n) is 3.25. The molecular formula is C19H16ClFN2O2. The van der Waals surface area contributed by atoms with Crippen molar-refractivity contribution < 1.29 is 14.0 Å². The Hall–Kier alpha value is -2.40. The molecule has 2 aliphatic rings. The summed E-state index contributed by atoms with van der Waals surface area (Å²) in [7, 11) is 0. The second-order valence-electron chi connectivity index (χ2n) is 6.47. The molecule has 2 amide bonds. The third kappa shape index (κ3) is 3.12. The van der Waals surface area contributed by atoms with Gasteiger partial charge in [0.25, 0.3) is 0 Å². The summed E-state index contributed by atoms with van der Waals surface area (Å²) >= 11 is 6.17. The molecular weight excluding hydrogens is 343 g/mol. The van der Waals surface area contributed by atoms with Crippen LogP contribution in [0.5, 0.6) is 0 Å². The molecule has 0 unspecified atom stereocenters.